The maximum absolute atomic E-state index is 5.64. The first-order valence-corrected chi connectivity index (χ1v) is 7.65. The fraction of sp³-hybridized carbons (Fsp3) is 0.500. The molecule has 7 heteroatoms. The SMILES string of the molecule is COc1ccc(OCc2noc(CN3CCOC(C)C3)n2)cc1. The van der Waals surface area contributed by atoms with E-state index in [1.807, 2.05) is 24.3 Å². The molecule has 0 aliphatic carbocycles. The zero-order chi connectivity index (χ0) is 16.1. The highest BCUT2D eigenvalue weighted by atomic mass is 16.5. The molecule has 1 atom stereocenters. The molecule has 0 amide bonds. The molecule has 0 saturated carbocycles. The Morgan fingerprint density at radius 3 is 2.78 bits per heavy atom. The quantitative estimate of drug-likeness (QED) is 0.805. The molecule has 23 heavy (non-hydrogen) atoms. The summed E-state index contributed by atoms with van der Waals surface area (Å²) >= 11 is 0. The highest BCUT2D eigenvalue weighted by Gasteiger charge is 2.19. The van der Waals surface area contributed by atoms with Crippen molar-refractivity contribution in [3.63, 3.8) is 0 Å². The molecule has 1 aromatic heterocycles. The summed E-state index contributed by atoms with van der Waals surface area (Å²) in [6.07, 6.45) is 0.240. The van der Waals surface area contributed by atoms with Gasteiger partial charge in [0.25, 0.3) is 0 Å². The first-order chi connectivity index (χ1) is 11.2. The second-order valence-corrected chi connectivity index (χ2v) is 5.49. The average Bonchev–Trinajstić information content (AvgIpc) is 3.01. The molecule has 124 valence electrons. The first kappa shape index (κ1) is 15.8. The molecule has 0 bridgehead atoms. The van der Waals surface area contributed by atoms with Gasteiger partial charge in [0, 0.05) is 13.1 Å². The van der Waals surface area contributed by atoms with Gasteiger partial charge < -0.3 is 18.7 Å². The number of aromatic nitrogens is 2. The molecular weight excluding hydrogens is 298 g/mol. The van der Waals surface area contributed by atoms with Crippen molar-refractivity contribution in [1.82, 2.24) is 15.0 Å². The summed E-state index contributed by atoms with van der Waals surface area (Å²) in [6.45, 7) is 5.47. The van der Waals surface area contributed by atoms with Crippen molar-refractivity contribution in [2.24, 2.45) is 0 Å². The van der Waals surface area contributed by atoms with Gasteiger partial charge in [-0.3, -0.25) is 4.90 Å². The van der Waals surface area contributed by atoms with E-state index >= 15 is 0 Å². The minimum absolute atomic E-state index is 0.240. The smallest absolute Gasteiger partial charge is 0.240 e. The highest BCUT2D eigenvalue weighted by Crippen LogP contribution is 2.18. The van der Waals surface area contributed by atoms with Gasteiger partial charge in [-0.05, 0) is 31.2 Å². The van der Waals surface area contributed by atoms with Gasteiger partial charge in [0.05, 0.1) is 26.4 Å². The van der Waals surface area contributed by atoms with Crippen molar-refractivity contribution in [3.05, 3.63) is 36.0 Å². The van der Waals surface area contributed by atoms with E-state index in [1.54, 1.807) is 7.11 Å². The Labute approximate surface area is 135 Å². The summed E-state index contributed by atoms with van der Waals surface area (Å²) in [6, 6.07) is 7.37. The number of rotatable bonds is 6. The zero-order valence-corrected chi connectivity index (χ0v) is 13.4. The van der Waals surface area contributed by atoms with Crippen LogP contribution >= 0.6 is 0 Å². The van der Waals surface area contributed by atoms with E-state index in [0.717, 1.165) is 31.2 Å². The Kier molecular flexibility index (Phi) is 5.09. The number of morpholine rings is 1. The van der Waals surface area contributed by atoms with Crippen LogP contribution in [0.5, 0.6) is 11.5 Å². The maximum Gasteiger partial charge on any atom is 0.240 e. The Morgan fingerprint density at radius 1 is 1.26 bits per heavy atom. The summed E-state index contributed by atoms with van der Waals surface area (Å²) in [5.41, 5.74) is 0. The summed E-state index contributed by atoms with van der Waals surface area (Å²) in [5.74, 6) is 2.67. The third kappa shape index (κ3) is 4.43. The van der Waals surface area contributed by atoms with Crippen molar-refractivity contribution in [2.75, 3.05) is 26.8 Å². The molecule has 0 radical (unpaired) electrons. The van der Waals surface area contributed by atoms with Crippen LogP contribution in [0.2, 0.25) is 0 Å². The number of hydrogen-bond acceptors (Lipinski definition) is 7. The molecule has 7 nitrogen and oxygen atoms in total. The lowest BCUT2D eigenvalue weighted by Crippen LogP contribution is -2.40. The summed E-state index contributed by atoms with van der Waals surface area (Å²) in [7, 11) is 1.63. The summed E-state index contributed by atoms with van der Waals surface area (Å²) in [5, 5.41) is 3.96. The molecule has 1 saturated heterocycles. The monoisotopic (exact) mass is 319 g/mol. The van der Waals surface area contributed by atoms with E-state index in [1.165, 1.54) is 0 Å². The summed E-state index contributed by atoms with van der Waals surface area (Å²) < 4.78 is 21.5. The molecule has 2 aromatic rings. The third-order valence-electron chi connectivity index (χ3n) is 3.62. The van der Waals surface area contributed by atoms with Gasteiger partial charge in [-0.2, -0.15) is 4.98 Å². The van der Waals surface area contributed by atoms with Gasteiger partial charge in [-0.25, -0.2) is 0 Å². The van der Waals surface area contributed by atoms with Crippen LogP contribution in [-0.4, -0.2) is 48.0 Å². The van der Waals surface area contributed by atoms with Crippen LogP contribution < -0.4 is 9.47 Å². The van der Waals surface area contributed by atoms with Crippen LogP contribution in [-0.2, 0) is 17.9 Å². The maximum atomic E-state index is 5.64. The fourth-order valence-electron chi connectivity index (χ4n) is 2.46. The largest absolute Gasteiger partial charge is 0.497 e. The van der Waals surface area contributed by atoms with E-state index in [0.29, 0.717) is 18.3 Å². The second kappa shape index (κ2) is 7.43. The van der Waals surface area contributed by atoms with Crippen LogP contribution in [0.15, 0.2) is 28.8 Å². The third-order valence-corrected chi connectivity index (χ3v) is 3.62. The average molecular weight is 319 g/mol. The van der Waals surface area contributed by atoms with Gasteiger partial charge in [0.15, 0.2) is 6.61 Å². The van der Waals surface area contributed by atoms with E-state index in [4.69, 9.17) is 18.7 Å². The minimum atomic E-state index is 0.240. The van der Waals surface area contributed by atoms with Crippen molar-refractivity contribution in [2.45, 2.75) is 26.2 Å². The van der Waals surface area contributed by atoms with Gasteiger partial charge in [0.1, 0.15) is 11.5 Å². The topological polar surface area (TPSA) is 69.9 Å². The van der Waals surface area contributed by atoms with Crippen molar-refractivity contribution >= 4 is 0 Å². The van der Waals surface area contributed by atoms with Gasteiger partial charge in [-0.15, -0.1) is 0 Å². The minimum Gasteiger partial charge on any atom is -0.497 e. The van der Waals surface area contributed by atoms with Gasteiger partial charge >= 0.3 is 0 Å². The summed E-state index contributed by atoms with van der Waals surface area (Å²) in [4.78, 5) is 6.61. The lowest BCUT2D eigenvalue weighted by atomic mass is 10.3. The van der Waals surface area contributed by atoms with E-state index in [9.17, 15) is 0 Å². The zero-order valence-electron chi connectivity index (χ0n) is 13.4. The molecule has 0 spiro atoms. The Balaban J connectivity index is 1.50. The number of benzene rings is 1. The molecule has 1 fully saturated rings. The molecule has 3 rings (SSSR count). The standard InChI is InChI=1S/C16H21N3O4/c1-12-9-19(7-8-21-12)10-16-17-15(18-23-16)11-22-14-5-3-13(20-2)4-6-14/h3-6,12H,7-11H2,1-2H3. The number of ether oxygens (including phenoxy) is 3. The molecule has 1 aliphatic heterocycles. The number of nitrogens with zero attached hydrogens (tertiary/aromatic N) is 3. The van der Waals surface area contributed by atoms with E-state index < -0.39 is 0 Å². The molecular formula is C16H21N3O4. The second-order valence-electron chi connectivity index (χ2n) is 5.49. The van der Waals surface area contributed by atoms with Crippen LogP contribution in [0.25, 0.3) is 0 Å². The van der Waals surface area contributed by atoms with Crippen LogP contribution in [0.4, 0.5) is 0 Å². The molecule has 0 N–H and O–H groups in total. The van der Waals surface area contributed by atoms with Crippen LogP contribution in [0.1, 0.15) is 18.6 Å². The van der Waals surface area contributed by atoms with E-state index in [2.05, 4.69) is 22.0 Å². The predicted octanol–water partition coefficient (Wildman–Crippen LogP) is 1.88. The lowest BCUT2D eigenvalue weighted by molar-refractivity contribution is -0.0240. The Morgan fingerprint density at radius 2 is 2.04 bits per heavy atom. The highest BCUT2D eigenvalue weighted by molar-refractivity contribution is 5.31. The Hall–Kier alpha value is -2.12. The van der Waals surface area contributed by atoms with Crippen LogP contribution in [0, 0.1) is 0 Å². The number of hydrogen-bond donors (Lipinski definition) is 0. The van der Waals surface area contributed by atoms with Crippen molar-refractivity contribution < 1.29 is 18.7 Å². The van der Waals surface area contributed by atoms with Crippen molar-refractivity contribution in [3.8, 4) is 11.5 Å². The molecule has 1 unspecified atom stereocenters. The molecule has 2 heterocycles. The lowest BCUT2D eigenvalue weighted by Gasteiger charge is -2.29. The molecule has 1 aliphatic rings. The first-order valence-electron chi connectivity index (χ1n) is 7.65. The van der Waals surface area contributed by atoms with E-state index in [-0.39, 0.29) is 12.7 Å². The van der Waals surface area contributed by atoms with Gasteiger partial charge in [-0.1, -0.05) is 5.16 Å². The van der Waals surface area contributed by atoms with Crippen molar-refractivity contribution in [1.29, 1.82) is 0 Å². The molecule has 1 aromatic carbocycles. The van der Waals surface area contributed by atoms with Gasteiger partial charge in [0.2, 0.25) is 11.7 Å². The number of methoxy groups -OCH3 is 1. The normalized spacial score (nSPS) is 18.8. The van der Waals surface area contributed by atoms with Crippen LogP contribution in [0.3, 0.4) is 0 Å². The predicted molar refractivity (Wildman–Crippen MR) is 82.3 cm³/mol. The Bertz CT molecular complexity index is 614. The fourth-order valence-corrected chi connectivity index (χ4v) is 2.46.